The van der Waals surface area contributed by atoms with E-state index in [2.05, 4.69) is 10.3 Å². The molecule has 0 aliphatic rings. The molecule has 0 saturated heterocycles. The number of methoxy groups -OCH3 is 1. The first-order chi connectivity index (χ1) is 15.0. The van der Waals surface area contributed by atoms with Crippen LogP contribution in [0.1, 0.15) is 11.1 Å². The molecule has 2 N–H and O–H groups in total. The number of amides is 1. The van der Waals surface area contributed by atoms with E-state index < -0.39 is 0 Å². The number of ether oxygens (including phenoxy) is 1. The lowest BCUT2D eigenvalue weighted by molar-refractivity contribution is -0.120. The largest absolute Gasteiger partial charge is 0.497 e. The van der Waals surface area contributed by atoms with E-state index in [9.17, 15) is 9.59 Å². The first-order valence-electron chi connectivity index (χ1n) is 9.78. The van der Waals surface area contributed by atoms with Crippen molar-refractivity contribution in [3.8, 4) is 11.4 Å². The van der Waals surface area contributed by atoms with Crippen molar-refractivity contribution in [1.82, 2.24) is 14.9 Å². The molecule has 0 saturated carbocycles. The van der Waals surface area contributed by atoms with Gasteiger partial charge in [0, 0.05) is 6.54 Å². The maximum atomic E-state index is 12.9. The number of hydrogen-bond donors (Lipinski definition) is 2. The van der Waals surface area contributed by atoms with Gasteiger partial charge in [0.2, 0.25) is 5.91 Å². The van der Waals surface area contributed by atoms with Crippen molar-refractivity contribution >= 4 is 29.0 Å². The predicted octanol–water partition coefficient (Wildman–Crippen LogP) is 3.92. The molecule has 0 unspecified atom stereocenters. The highest BCUT2D eigenvalue weighted by Crippen LogP contribution is 2.14. The number of carbonyl (C=O) groups excluding carboxylic acids is 1. The van der Waals surface area contributed by atoms with Gasteiger partial charge in [0.25, 0.3) is 5.56 Å². The Bertz CT molecular complexity index is 1360. The molecule has 4 aromatic rings. The van der Waals surface area contributed by atoms with Crippen LogP contribution in [0.3, 0.4) is 0 Å². The number of nitrogens with one attached hydrogen (secondary N) is 2. The Kier molecular flexibility index (Phi) is 5.95. The molecule has 0 aliphatic heterocycles. The fraction of sp³-hybridized carbons (Fsp3) is 0.125. The second kappa shape index (κ2) is 8.97. The van der Waals surface area contributed by atoms with Crippen LogP contribution < -0.4 is 15.6 Å². The summed E-state index contributed by atoms with van der Waals surface area (Å²) in [6.45, 7) is 0.426. The van der Waals surface area contributed by atoms with Gasteiger partial charge in [0.1, 0.15) is 5.75 Å². The molecule has 1 amide bonds. The number of rotatable bonds is 6. The summed E-state index contributed by atoms with van der Waals surface area (Å²) in [6.07, 6.45) is 0.240. The summed E-state index contributed by atoms with van der Waals surface area (Å²) in [4.78, 5) is 28.3. The number of aromatic nitrogens is 2. The van der Waals surface area contributed by atoms with Crippen molar-refractivity contribution < 1.29 is 9.53 Å². The zero-order valence-corrected chi connectivity index (χ0v) is 17.7. The van der Waals surface area contributed by atoms with Crippen LogP contribution in [0, 0.1) is 4.77 Å². The van der Waals surface area contributed by atoms with Gasteiger partial charge < -0.3 is 15.0 Å². The van der Waals surface area contributed by atoms with Crippen LogP contribution in [0.5, 0.6) is 5.75 Å². The van der Waals surface area contributed by atoms with Crippen molar-refractivity contribution in [2.24, 2.45) is 0 Å². The predicted molar refractivity (Wildman–Crippen MR) is 123 cm³/mol. The molecule has 7 heteroatoms. The summed E-state index contributed by atoms with van der Waals surface area (Å²) in [5.74, 6) is 0.667. The maximum absolute atomic E-state index is 12.9. The topological polar surface area (TPSA) is 76.1 Å². The highest BCUT2D eigenvalue weighted by Gasteiger charge is 2.09. The minimum atomic E-state index is -0.178. The molecule has 0 spiro atoms. The Morgan fingerprint density at radius 1 is 1.03 bits per heavy atom. The van der Waals surface area contributed by atoms with E-state index in [4.69, 9.17) is 17.0 Å². The highest BCUT2D eigenvalue weighted by molar-refractivity contribution is 7.71. The van der Waals surface area contributed by atoms with Crippen LogP contribution >= 0.6 is 12.2 Å². The monoisotopic (exact) mass is 431 g/mol. The number of para-hydroxylation sites is 1. The van der Waals surface area contributed by atoms with Crippen LogP contribution in [0.15, 0.2) is 77.6 Å². The Morgan fingerprint density at radius 3 is 2.58 bits per heavy atom. The summed E-state index contributed by atoms with van der Waals surface area (Å²) >= 11 is 5.38. The summed E-state index contributed by atoms with van der Waals surface area (Å²) < 4.78 is 6.99. The number of nitrogens with zero attached hydrogens (tertiary/aromatic N) is 1. The third kappa shape index (κ3) is 4.57. The molecular formula is C24H21N3O3S. The van der Waals surface area contributed by atoms with E-state index in [1.165, 1.54) is 4.57 Å². The quantitative estimate of drug-likeness (QED) is 0.454. The third-order valence-corrected chi connectivity index (χ3v) is 5.27. The summed E-state index contributed by atoms with van der Waals surface area (Å²) in [5.41, 5.74) is 2.99. The number of hydrogen-bond acceptors (Lipinski definition) is 4. The van der Waals surface area contributed by atoms with Crippen LogP contribution in [0.2, 0.25) is 0 Å². The van der Waals surface area contributed by atoms with Gasteiger partial charge in [-0.2, -0.15) is 0 Å². The van der Waals surface area contributed by atoms with Crippen molar-refractivity contribution in [2.75, 3.05) is 7.11 Å². The summed E-state index contributed by atoms with van der Waals surface area (Å²) in [7, 11) is 1.61. The molecule has 1 aromatic heterocycles. The molecule has 0 bridgehead atoms. The molecule has 4 rings (SSSR count). The van der Waals surface area contributed by atoms with Crippen LogP contribution in [-0.4, -0.2) is 22.6 Å². The van der Waals surface area contributed by atoms with Crippen LogP contribution in [0.4, 0.5) is 0 Å². The average molecular weight is 432 g/mol. The Labute approximate surface area is 184 Å². The zero-order valence-electron chi connectivity index (χ0n) is 16.9. The molecule has 156 valence electrons. The van der Waals surface area contributed by atoms with Gasteiger partial charge in [-0.15, -0.1) is 0 Å². The number of carbonyl (C=O) groups is 1. The number of H-pyrrole nitrogens is 1. The van der Waals surface area contributed by atoms with Crippen LogP contribution in [0.25, 0.3) is 16.6 Å². The van der Waals surface area contributed by atoms with E-state index in [1.54, 1.807) is 25.3 Å². The highest BCUT2D eigenvalue weighted by atomic mass is 32.1. The molecular weight excluding hydrogens is 410 g/mol. The average Bonchev–Trinajstić information content (AvgIpc) is 2.79. The van der Waals surface area contributed by atoms with E-state index in [0.29, 0.717) is 27.9 Å². The van der Waals surface area contributed by atoms with Gasteiger partial charge in [-0.25, -0.2) is 0 Å². The first kappa shape index (κ1) is 20.6. The second-order valence-electron chi connectivity index (χ2n) is 7.09. The molecule has 31 heavy (non-hydrogen) atoms. The van der Waals surface area contributed by atoms with E-state index >= 15 is 0 Å². The smallest absolute Gasteiger partial charge is 0.266 e. The minimum Gasteiger partial charge on any atom is -0.497 e. The van der Waals surface area contributed by atoms with Gasteiger partial charge in [-0.05, 0) is 59.7 Å². The fourth-order valence-corrected chi connectivity index (χ4v) is 3.69. The number of benzene rings is 3. The Balaban J connectivity index is 1.47. The third-order valence-electron chi connectivity index (χ3n) is 4.99. The normalized spacial score (nSPS) is 10.7. The van der Waals surface area contributed by atoms with Gasteiger partial charge in [-0.1, -0.05) is 36.4 Å². The van der Waals surface area contributed by atoms with E-state index in [0.717, 1.165) is 16.9 Å². The molecule has 6 nitrogen and oxygen atoms in total. The molecule has 1 heterocycles. The van der Waals surface area contributed by atoms with Crippen molar-refractivity contribution in [1.29, 1.82) is 0 Å². The number of fused-ring (bicyclic) bond motifs is 1. The summed E-state index contributed by atoms with van der Waals surface area (Å²) in [5, 5.41) is 3.48. The van der Waals surface area contributed by atoms with E-state index in [-0.39, 0.29) is 17.9 Å². The lowest BCUT2D eigenvalue weighted by Crippen LogP contribution is -2.24. The van der Waals surface area contributed by atoms with Gasteiger partial charge in [-0.3, -0.25) is 14.2 Å². The second-order valence-corrected chi connectivity index (χ2v) is 7.47. The Morgan fingerprint density at radius 2 is 1.81 bits per heavy atom. The molecule has 0 radical (unpaired) electrons. The SMILES string of the molecule is COc1cccc(CNC(=O)Cc2ccc(-n3c(=S)[nH]c4ccccc4c3=O)cc2)c1. The van der Waals surface area contributed by atoms with Gasteiger partial charge in [0.15, 0.2) is 4.77 Å². The molecule has 0 aliphatic carbocycles. The number of aromatic amines is 1. The van der Waals surface area contributed by atoms with Gasteiger partial charge in [0.05, 0.1) is 30.1 Å². The van der Waals surface area contributed by atoms with Crippen LogP contribution in [-0.2, 0) is 17.8 Å². The molecule has 0 fully saturated rings. The standard InChI is InChI=1S/C24H21N3O3S/c1-30-19-6-4-5-17(13-19)15-25-22(28)14-16-9-11-18(12-10-16)27-23(29)20-7-2-3-8-21(20)26-24(27)31/h2-13H,14-15H2,1H3,(H,25,28)(H,26,31). The molecule has 0 atom stereocenters. The van der Waals surface area contributed by atoms with Crippen molar-refractivity contribution in [2.45, 2.75) is 13.0 Å². The van der Waals surface area contributed by atoms with Crippen molar-refractivity contribution in [3.05, 3.63) is 99.0 Å². The maximum Gasteiger partial charge on any atom is 0.266 e. The fourth-order valence-electron chi connectivity index (χ4n) is 3.39. The molecule has 3 aromatic carbocycles. The minimum absolute atomic E-state index is 0.0873. The lowest BCUT2D eigenvalue weighted by Gasteiger charge is -2.10. The zero-order chi connectivity index (χ0) is 21.8. The van der Waals surface area contributed by atoms with Gasteiger partial charge >= 0.3 is 0 Å². The first-order valence-corrected chi connectivity index (χ1v) is 10.2. The van der Waals surface area contributed by atoms with Crippen molar-refractivity contribution in [3.63, 3.8) is 0 Å². The Hall–Kier alpha value is -3.71. The lowest BCUT2D eigenvalue weighted by atomic mass is 10.1. The summed E-state index contributed by atoms with van der Waals surface area (Å²) in [6, 6.07) is 22.1. The van der Waals surface area contributed by atoms with E-state index in [1.807, 2.05) is 54.6 Å².